The molecule has 0 atom stereocenters. The summed E-state index contributed by atoms with van der Waals surface area (Å²) in [5.41, 5.74) is 2.12. The summed E-state index contributed by atoms with van der Waals surface area (Å²) in [7, 11) is 0. The van der Waals surface area contributed by atoms with Gasteiger partial charge >= 0.3 is 5.97 Å². The summed E-state index contributed by atoms with van der Waals surface area (Å²) in [6.07, 6.45) is 4.77. The number of fused-ring (bicyclic) bond motifs is 1. The van der Waals surface area contributed by atoms with Gasteiger partial charge in [0.1, 0.15) is 5.65 Å². The first kappa shape index (κ1) is 11.3. The van der Waals surface area contributed by atoms with Crippen LogP contribution < -0.4 is 0 Å². The van der Waals surface area contributed by atoms with E-state index in [1.807, 2.05) is 6.07 Å². The van der Waals surface area contributed by atoms with Crippen LogP contribution in [0.2, 0.25) is 0 Å². The number of hydrogen-bond acceptors (Lipinski definition) is 4. The van der Waals surface area contributed by atoms with E-state index in [1.165, 1.54) is 6.20 Å². The lowest BCUT2D eigenvalue weighted by atomic mass is 10.2. The number of aromatic nitrogens is 4. The Labute approximate surface area is 108 Å². The standard InChI is InChI=1S/C13H10N4O2/c1-7-10-9(13(18)19)6-15-12(10)17-11(16-7)8-3-2-4-14-5-8/h2-6H,1H3,(H,18,19)(H,15,16,17). The molecule has 0 bridgehead atoms. The van der Waals surface area contributed by atoms with Gasteiger partial charge in [-0.1, -0.05) is 0 Å². The van der Waals surface area contributed by atoms with Crippen LogP contribution in [0.5, 0.6) is 0 Å². The zero-order valence-corrected chi connectivity index (χ0v) is 10.1. The third-order valence-corrected chi connectivity index (χ3v) is 2.86. The molecule has 2 N–H and O–H groups in total. The Morgan fingerprint density at radius 2 is 2.21 bits per heavy atom. The molecule has 0 saturated heterocycles. The molecule has 0 spiro atoms. The summed E-state index contributed by atoms with van der Waals surface area (Å²) in [6, 6.07) is 3.66. The second-order valence-electron chi connectivity index (χ2n) is 4.11. The molecule has 94 valence electrons. The molecule has 0 amide bonds. The molecule has 0 radical (unpaired) electrons. The van der Waals surface area contributed by atoms with Gasteiger partial charge in [0.15, 0.2) is 5.82 Å². The molecule has 0 aromatic carbocycles. The maximum atomic E-state index is 11.1. The number of aryl methyl sites for hydroxylation is 1. The number of H-pyrrole nitrogens is 1. The van der Waals surface area contributed by atoms with E-state index >= 15 is 0 Å². The van der Waals surface area contributed by atoms with Crippen molar-refractivity contribution in [2.75, 3.05) is 0 Å². The van der Waals surface area contributed by atoms with Crippen molar-refractivity contribution in [3.63, 3.8) is 0 Å². The first-order chi connectivity index (χ1) is 9.16. The van der Waals surface area contributed by atoms with Gasteiger partial charge in [0.05, 0.1) is 16.6 Å². The minimum Gasteiger partial charge on any atom is -0.478 e. The molecule has 3 rings (SSSR count). The van der Waals surface area contributed by atoms with Gasteiger partial charge in [-0.05, 0) is 19.1 Å². The summed E-state index contributed by atoms with van der Waals surface area (Å²) in [5, 5.41) is 9.64. The number of pyridine rings is 1. The van der Waals surface area contributed by atoms with Crippen molar-refractivity contribution in [1.82, 2.24) is 19.9 Å². The second kappa shape index (κ2) is 4.16. The van der Waals surface area contributed by atoms with Crippen molar-refractivity contribution in [3.8, 4) is 11.4 Å². The van der Waals surface area contributed by atoms with Gasteiger partial charge in [-0.2, -0.15) is 0 Å². The zero-order chi connectivity index (χ0) is 13.4. The maximum absolute atomic E-state index is 11.1. The van der Waals surface area contributed by atoms with Crippen LogP contribution in [0.15, 0.2) is 30.7 Å². The lowest BCUT2D eigenvalue weighted by Crippen LogP contribution is -1.98. The number of nitrogens with zero attached hydrogens (tertiary/aromatic N) is 3. The van der Waals surface area contributed by atoms with Crippen LogP contribution in [0, 0.1) is 6.92 Å². The molecule has 0 aliphatic carbocycles. The Hall–Kier alpha value is -2.76. The van der Waals surface area contributed by atoms with Crippen molar-refractivity contribution in [1.29, 1.82) is 0 Å². The van der Waals surface area contributed by atoms with E-state index in [-0.39, 0.29) is 5.56 Å². The predicted octanol–water partition coefficient (Wildman–Crippen LogP) is 2.03. The number of aromatic amines is 1. The van der Waals surface area contributed by atoms with E-state index in [0.717, 1.165) is 5.56 Å². The third-order valence-electron chi connectivity index (χ3n) is 2.86. The van der Waals surface area contributed by atoms with Gasteiger partial charge in [-0.15, -0.1) is 0 Å². The number of carbonyl (C=O) groups is 1. The van der Waals surface area contributed by atoms with Crippen LogP contribution in [-0.4, -0.2) is 31.0 Å². The minimum absolute atomic E-state index is 0.185. The first-order valence-electron chi connectivity index (χ1n) is 5.66. The average Bonchev–Trinajstić information content (AvgIpc) is 2.84. The van der Waals surface area contributed by atoms with Gasteiger partial charge in [0, 0.05) is 24.2 Å². The maximum Gasteiger partial charge on any atom is 0.338 e. The van der Waals surface area contributed by atoms with E-state index in [0.29, 0.717) is 22.6 Å². The quantitative estimate of drug-likeness (QED) is 0.730. The molecule has 3 heterocycles. The van der Waals surface area contributed by atoms with E-state index in [9.17, 15) is 4.79 Å². The Morgan fingerprint density at radius 3 is 2.89 bits per heavy atom. The van der Waals surface area contributed by atoms with Gasteiger partial charge in [-0.25, -0.2) is 14.8 Å². The highest BCUT2D eigenvalue weighted by Gasteiger charge is 2.16. The number of carboxylic acids is 1. The molecule has 3 aromatic rings. The largest absolute Gasteiger partial charge is 0.478 e. The van der Waals surface area contributed by atoms with E-state index in [2.05, 4.69) is 19.9 Å². The monoisotopic (exact) mass is 254 g/mol. The van der Waals surface area contributed by atoms with Crippen molar-refractivity contribution in [2.24, 2.45) is 0 Å². The van der Waals surface area contributed by atoms with Crippen LogP contribution in [0.1, 0.15) is 16.1 Å². The van der Waals surface area contributed by atoms with Crippen LogP contribution in [0.3, 0.4) is 0 Å². The first-order valence-corrected chi connectivity index (χ1v) is 5.66. The van der Waals surface area contributed by atoms with Crippen LogP contribution >= 0.6 is 0 Å². The van der Waals surface area contributed by atoms with E-state index in [4.69, 9.17) is 5.11 Å². The fourth-order valence-corrected chi connectivity index (χ4v) is 2.01. The Morgan fingerprint density at radius 1 is 1.37 bits per heavy atom. The molecule has 0 aliphatic rings. The molecular weight excluding hydrogens is 244 g/mol. The molecule has 19 heavy (non-hydrogen) atoms. The van der Waals surface area contributed by atoms with Gasteiger partial charge in [0.25, 0.3) is 0 Å². The molecule has 0 aliphatic heterocycles. The summed E-state index contributed by atoms with van der Waals surface area (Å²) < 4.78 is 0. The van der Waals surface area contributed by atoms with Crippen molar-refractivity contribution in [2.45, 2.75) is 6.92 Å². The van der Waals surface area contributed by atoms with Gasteiger partial charge in [-0.3, -0.25) is 4.98 Å². The van der Waals surface area contributed by atoms with Crippen LogP contribution in [-0.2, 0) is 0 Å². The van der Waals surface area contributed by atoms with Gasteiger partial charge in [0.2, 0.25) is 0 Å². The summed E-state index contributed by atoms with van der Waals surface area (Å²) in [4.78, 5) is 26.7. The Balaban J connectivity index is 2.25. The van der Waals surface area contributed by atoms with E-state index < -0.39 is 5.97 Å². The number of nitrogens with one attached hydrogen (secondary N) is 1. The number of hydrogen-bond donors (Lipinski definition) is 2. The topological polar surface area (TPSA) is 91.8 Å². The highest BCUT2D eigenvalue weighted by atomic mass is 16.4. The fourth-order valence-electron chi connectivity index (χ4n) is 2.01. The summed E-state index contributed by atoms with van der Waals surface area (Å²) in [6.45, 7) is 1.77. The fraction of sp³-hybridized carbons (Fsp3) is 0.0769. The molecule has 3 aromatic heterocycles. The van der Waals surface area contributed by atoms with Crippen LogP contribution in [0.25, 0.3) is 22.4 Å². The lowest BCUT2D eigenvalue weighted by molar-refractivity contribution is 0.0699. The third kappa shape index (κ3) is 1.83. The Kier molecular flexibility index (Phi) is 2.49. The van der Waals surface area contributed by atoms with E-state index in [1.54, 1.807) is 25.4 Å². The normalized spacial score (nSPS) is 10.8. The lowest BCUT2D eigenvalue weighted by Gasteiger charge is -2.02. The Bertz CT molecular complexity index is 765. The molecular formula is C13H10N4O2. The average molecular weight is 254 g/mol. The second-order valence-corrected chi connectivity index (χ2v) is 4.11. The molecule has 6 heteroatoms. The number of aromatic carboxylic acids is 1. The molecule has 0 saturated carbocycles. The zero-order valence-electron chi connectivity index (χ0n) is 10.1. The van der Waals surface area contributed by atoms with Crippen molar-refractivity contribution < 1.29 is 9.90 Å². The van der Waals surface area contributed by atoms with Crippen molar-refractivity contribution in [3.05, 3.63) is 42.0 Å². The molecule has 6 nitrogen and oxygen atoms in total. The van der Waals surface area contributed by atoms with Crippen molar-refractivity contribution >= 4 is 17.0 Å². The summed E-state index contributed by atoms with van der Waals surface area (Å²) in [5.74, 6) is -0.469. The number of carboxylic acid groups (broad SMARTS) is 1. The van der Waals surface area contributed by atoms with Crippen LogP contribution in [0.4, 0.5) is 0 Å². The smallest absolute Gasteiger partial charge is 0.338 e. The van der Waals surface area contributed by atoms with Gasteiger partial charge < -0.3 is 10.1 Å². The summed E-state index contributed by atoms with van der Waals surface area (Å²) >= 11 is 0. The SMILES string of the molecule is Cc1nc(-c2cccnc2)nc2[nH]cc(C(=O)O)c12. The molecule has 0 fully saturated rings. The molecule has 0 unspecified atom stereocenters. The minimum atomic E-state index is -0.993. The number of rotatable bonds is 2. The highest BCUT2D eigenvalue weighted by molar-refractivity contribution is 6.03. The predicted molar refractivity (Wildman–Crippen MR) is 68.8 cm³/mol. The highest BCUT2D eigenvalue weighted by Crippen LogP contribution is 2.23.